The molecule has 4 aromatic rings. The fourth-order valence-corrected chi connectivity index (χ4v) is 8.03. The molecule has 1 unspecified atom stereocenters. The van der Waals surface area contributed by atoms with Gasteiger partial charge in [-0.15, -0.1) is 11.3 Å². The molecule has 2 aliphatic heterocycles. The highest BCUT2D eigenvalue weighted by Gasteiger charge is 2.41. The minimum Gasteiger partial charge on any atom is -0.506 e. The summed E-state index contributed by atoms with van der Waals surface area (Å²) >= 11 is 2.48. The Morgan fingerprint density at radius 3 is 2.78 bits per heavy atom. The van der Waals surface area contributed by atoms with Gasteiger partial charge >= 0.3 is 4.87 Å². The minimum absolute atomic E-state index is 0.0206. The molecule has 4 N–H and O–H groups in total. The zero-order valence-corrected chi connectivity index (χ0v) is 27.7. The number of phenols is 1. The second-order valence-corrected chi connectivity index (χ2v) is 14.4. The number of ether oxygens (including phenoxy) is 1. The highest BCUT2D eigenvalue weighted by Crippen LogP contribution is 2.33. The fraction of sp³-hybridized carbons (Fsp3) is 0.485. The van der Waals surface area contributed by atoms with Crippen molar-refractivity contribution in [1.82, 2.24) is 25.1 Å². The van der Waals surface area contributed by atoms with Crippen molar-refractivity contribution in [2.45, 2.75) is 57.3 Å². The second kappa shape index (κ2) is 13.9. The molecule has 2 fully saturated rings. The number of aromatic amines is 1. The minimum atomic E-state index is -0.892. The molecule has 0 radical (unpaired) electrons. The van der Waals surface area contributed by atoms with Gasteiger partial charge in [0.15, 0.2) is 0 Å². The predicted octanol–water partition coefficient (Wildman–Crippen LogP) is 4.39. The van der Waals surface area contributed by atoms with E-state index in [1.54, 1.807) is 6.07 Å². The first-order valence-corrected chi connectivity index (χ1v) is 17.4. The third-order valence-corrected chi connectivity index (χ3v) is 11.0. The molecule has 1 spiro atoms. The summed E-state index contributed by atoms with van der Waals surface area (Å²) in [5.74, 6) is -0.0234. The van der Waals surface area contributed by atoms with Crippen LogP contribution in [-0.2, 0) is 17.7 Å². The lowest BCUT2D eigenvalue weighted by atomic mass is 9.89. The van der Waals surface area contributed by atoms with Crippen molar-refractivity contribution in [2.75, 3.05) is 45.9 Å². The summed E-state index contributed by atoms with van der Waals surface area (Å²) in [6.45, 7) is 8.84. The molecule has 1 atom stereocenters. The number of aromatic nitrogens is 2. The normalized spacial score (nSPS) is 17.7. The van der Waals surface area contributed by atoms with Crippen molar-refractivity contribution in [3.8, 4) is 5.75 Å². The van der Waals surface area contributed by atoms with E-state index >= 15 is 0 Å². The van der Waals surface area contributed by atoms with Crippen molar-refractivity contribution in [1.29, 1.82) is 0 Å². The van der Waals surface area contributed by atoms with Gasteiger partial charge in [-0.3, -0.25) is 14.5 Å². The number of hydrogen-bond acceptors (Lipinski definition) is 10. The number of nitrogens with one attached hydrogen (secondary N) is 2. The van der Waals surface area contributed by atoms with Crippen LogP contribution in [0.4, 0.5) is 4.39 Å². The van der Waals surface area contributed by atoms with Gasteiger partial charge in [-0.1, -0.05) is 43.4 Å². The summed E-state index contributed by atoms with van der Waals surface area (Å²) in [5.41, 5.74) is 2.69. The number of phenolic OH excluding ortho intramolecular Hbond substituents is 1. The van der Waals surface area contributed by atoms with Gasteiger partial charge in [0, 0.05) is 49.6 Å². The number of aliphatic hydroxyl groups is 1. The number of carbonyl (C=O) groups excluding carboxylic acids is 1. The number of piperidine rings is 1. The molecule has 1 amide bonds. The largest absolute Gasteiger partial charge is 0.506 e. The van der Waals surface area contributed by atoms with E-state index in [2.05, 4.69) is 34.0 Å². The first-order valence-electron chi connectivity index (χ1n) is 15.7. The Hall–Kier alpha value is -3.20. The number of aliphatic hydroxyl groups excluding tert-OH is 1. The number of aromatic hydroxyl groups is 1. The van der Waals surface area contributed by atoms with Crippen LogP contribution in [0.5, 0.6) is 5.75 Å². The molecule has 2 saturated heterocycles. The number of nitrogens with zero attached hydrogens (tertiary/aromatic N) is 3. The van der Waals surface area contributed by atoms with Crippen LogP contribution in [0.25, 0.3) is 10.2 Å². The van der Waals surface area contributed by atoms with Crippen LogP contribution in [-0.4, -0.2) is 87.4 Å². The van der Waals surface area contributed by atoms with Crippen molar-refractivity contribution in [3.63, 3.8) is 0 Å². The Balaban J connectivity index is 0.989. The van der Waals surface area contributed by atoms with Gasteiger partial charge in [0.05, 0.1) is 34.6 Å². The van der Waals surface area contributed by atoms with Crippen LogP contribution in [0.15, 0.2) is 40.5 Å². The van der Waals surface area contributed by atoms with E-state index in [0.29, 0.717) is 72.2 Å². The van der Waals surface area contributed by atoms with Crippen LogP contribution < -0.4 is 10.2 Å². The third-order valence-electron chi connectivity index (χ3n) is 8.91. The number of thiazole rings is 2. The summed E-state index contributed by atoms with van der Waals surface area (Å²) < 4.78 is 21.5. The molecule has 2 aliphatic rings. The second-order valence-electron chi connectivity index (χ2n) is 12.5. The van der Waals surface area contributed by atoms with E-state index in [0.717, 1.165) is 47.8 Å². The topological polar surface area (TPSA) is 131 Å². The van der Waals surface area contributed by atoms with E-state index in [-0.39, 0.29) is 34.5 Å². The quantitative estimate of drug-likeness (QED) is 0.183. The maximum absolute atomic E-state index is 14.7. The molecule has 13 heteroatoms. The zero-order valence-electron chi connectivity index (χ0n) is 26.1. The van der Waals surface area contributed by atoms with Gasteiger partial charge in [0.2, 0.25) is 0 Å². The summed E-state index contributed by atoms with van der Waals surface area (Å²) in [4.78, 5) is 36.1. The van der Waals surface area contributed by atoms with Gasteiger partial charge in [0.1, 0.15) is 22.8 Å². The van der Waals surface area contributed by atoms with Crippen molar-refractivity contribution in [3.05, 3.63) is 78.6 Å². The molecule has 0 aliphatic carbocycles. The smallest absolute Gasteiger partial charge is 0.305 e. The summed E-state index contributed by atoms with van der Waals surface area (Å²) in [6, 6.07) is 8.32. The molecule has 6 rings (SSSR count). The molecule has 46 heavy (non-hydrogen) atoms. The van der Waals surface area contributed by atoms with E-state index in [1.165, 1.54) is 23.5 Å². The van der Waals surface area contributed by atoms with Gasteiger partial charge in [-0.2, -0.15) is 0 Å². The maximum Gasteiger partial charge on any atom is 0.305 e. The Bertz CT molecular complexity index is 1750. The first kappa shape index (κ1) is 32.7. The number of carbonyl (C=O) groups is 1. The number of fused-ring (bicyclic) bond motifs is 1. The number of morpholine rings is 1. The van der Waals surface area contributed by atoms with E-state index < -0.39 is 6.10 Å². The number of benzene rings is 2. The summed E-state index contributed by atoms with van der Waals surface area (Å²) in [7, 11) is 0. The predicted molar refractivity (Wildman–Crippen MR) is 177 cm³/mol. The highest BCUT2D eigenvalue weighted by atomic mass is 32.1. The molecule has 10 nitrogen and oxygen atoms in total. The lowest BCUT2D eigenvalue weighted by molar-refractivity contribution is -0.128. The Labute approximate surface area is 274 Å². The Morgan fingerprint density at radius 1 is 1.22 bits per heavy atom. The van der Waals surface area contributed by atoms with E-state index in [1.807, 2.05) is 22.4 Å². The zero-order chi connectivity index (χ0) is 32.4. The molecular formula is C33H40FN5O5S2. The SMILES string of the molecule is CC(C)c1nc(C(=O)N2CCOC3(CCN(Cc4ccc(F)c(CCNCC(O)c5ccc(O)c6[nH]c(=O)sc56)c4)CC3)C2)cs1. The van der Waals surface area contributed by atoms with Gasteiger partial charge in [-0.25, -0.2) is 9.37 Å². The average molecular weight is 670 g/mol. The number of halogens is 1. The Morgan fingerprint density at radius 2 is 2.02 bits per heavy atom. The molecule has 0 bridgehead atoms. The lowest BCUT2D eigenvalue weighted by Gasteiger charge is -2.47. The third kappa shape index (κ3) is 7.19. The monoisotopic (exact) mass is 669 g/mol. The van der Waals surface area contributed by atoms with E-state index in [4.69, 9.17) is 4.74 Å². The van der Waals surface area contributed by atoms with Gasteiger partial charge < -0.3 is 30.2 Å². The molecule has 246 valence electrons. The highest BCUT2D eigenvalue weighted by molar-refractivity contribution is 7.16. The van der Waals surface area contributed by atoms with Crippen LogP contribution in [0.3, 0.4) is 0 Å². The number of likely N-dealkylation sites (tertiary alicyclic amines) is 1. The van der Waals surface area contributed by atoms with Gasteiger partial charge in [-0.05, 0) is 49.1 Å². The molecular weight excluding hydrogens is 630 g/mol. The molecule has 4 heterocycles. The lowest BCUT2D eigenvalue weighted by Crippen LogP contribution is -2.58. The van der Waals surface area contributed by atoms with Crippen molar-refractivity contribution in [2.24, 2.45) is 0 Å². The van der Waals surface area contributed by atoms with Crippen LogP contribution in [0.1, 0.15) is 70.9 Å². The number of rotatable bonds is 10. The Kier molecular flexibility index (Phi) is 9.88. The molecule has 2 aromatic carbocycles. The fourth-order valence-electron chi connectivity index (χ4n) is 6.30. The van der Waals surface area contributed by atoms with Gasteiger partial charge in [0.25, 0.3) is 5.91 Å². The maximum atomic E-state index is 14.7. The number of amides is 1. The number of H-pyrrole nitrogens is 1. The first-order chi connectivity index (χ1) is 22.1. The van der Waals surface area contributed by atoms with Crippen LogP contribution in [0.2, 0.25) is 0 Å². The molecule has 0 saturated carbocycles. The summed E-state index contributed by atoms with van der Waals surface area (Å²) in [6.07, 6.45) is 1.20. The average Bonchev–Trinajstić information content (AvgIpc) is 3.70. The summed E-state index contributed by atoms with van der Waals surface area (Å²) in [5, 5.41) is 26.8. The standard InChI is InChI=1S/C33H40FN5O5S2/c1-20(2)30-36-25(18-45-30)31(42)39-13-14-44-33(19-39)8-11-38(12-9-33)17-21-3-5-24(34)22(15-21)7-10-35-16-27(41)23-4-6-26(40)28-29(23)46-32(43)37-28/h3-6,15,18,20,27,35,40-41H,7-14,16-17,19H2,1-2H3,(H,37,43). The number of hydrogen-bond donors (Lipinski definition) is 4. The van der Waals surface area contributed by atoms with Crippen molar-refractivity contribution < 1.29 is 24.1 Å². The van der Waals surface area contributed by atoms with Crippen LogP contribution >= 0.6 is 22.7 Å². The molecule has 2 aromatic heterocycles. The van der Waals surface area contributed by atoms with E-state index in [9.17, 15) is 24.2 Å². The van der Waals surface area contributed by atoms with Crippen LogP contribution in [0, 0.1) is 5.82 Å². The van der Waals surface area contributed by atoms with Crippen molar-refractivity contribution >= 4 is 38.8 Å².